The molecule has 26 heteroatoms. The Balaban J connectivity index is 0.000000190. The number of likely N-dealkylation sites (tertiary alicyclic amines) is 4. The van der Waals surface area contributed by atoms with E-state index in [1.807, 2.05) is 209 Å². The largest absolute Gasteiger partial charge is 0.458 e. The quantitative estimate of drug-likeness (QED) is 0.0552. The van der Waals surface area contributed by atoms with E-state index in [4.69, 9.17) is 61.5 Å². The molecule has 4 saturated heterocycles. The zero-order valence-corrected chi connectivity index (χ0v) is 76.4. The standard InChI is InChI=1S/2C25H31ClN2O4.2C25H32N2O4/c2*1-18-15-19(2)24(26)21-16-20(27-32-17-22(29)28-12-8-6-9-13-28)11-7-4-3-5-10-14-31-25(30)23(18)21;2*1-19-15-20(2)24-21(16-19)17-22(11-7-4-3-5-10-14-30-25(24)29)26-31-18-23(28)27-12-8-6-9-13-27/h2*5,7,10-11,15H,3-4,6,8-9,12-14,16-17H2,1-2H3;2*5,7,10-11,15-16H,3-4,6,8-9,12-14,17-18H2,1-2H3/b10-5+,11-7+,27-20+;10-5+,11-7+,27-20-;10-5+,11-7+,26-22+;10-5+,11-7+,26-22-. The predicted octanol–water partition coefficient (Wildman–Crippen LogP) is 18.5. The van der Waals surface area contributed by atoms with Crippen LogP contribution in [0.4, 0.5) is 0 Å². The van der Waals surface area contributed by atoms with E-state index >= 15 is 0 Å². The zero-order chi connectivity index (χ0) is 90.0. The van der Waals surface area contributed by atoms with Gasteiger partial charge in [0.05, 0.1) is 45.1 Å². The minimum atomic E-state index is -0.409. The van der Waals surface area contributed by atoms with Gasteiger partial charge in [0.15, 0.2) is 26.4 Å². The zero-order valence-electron chi connectivity index (χ0n) is 74.9. The van der Waals surface area contributed by atoms with Crippen LogP contribution in [0.1, 0.15) is 237 Å². The Morgan fingerprint density at radius 3 is 0.810 bits per heavy atom. The Kier molecular flexibility index (Phi) is 41.9. The van der Waals surface area contributed by atoms with Crippen molar-refractivity contribution in [2.75, 3.05) is 105 Å². The number of hydrogen-bond acceptors (Lipinski definition) is 20. The number of esters is 4. The first-order valence-corrected chi connectivity index (χ1v) is 45.4. The first-order valence-electron chi connectivity index (χ1n) is 44.6. The number of nitrogens with zero attached hydrogens (tertiary/aromatic N) is 8. The number of hydrogen-bond donors (Lipinski definition) is 0. The van der Waals surface area contributed by atoms with Crippen molar-refractivity contribution in [3.05, 3.63) is 233 Å². The van der Waals surface area contributed by atoms with Crippen LogP contribution in [-0.4, -0.2) is 195 Å². The van der Waals surface area contributed by atoms with E-state index in [-0.39, 0.29) is 88.4 Å². The molecule has 8 aliphatic heterocycles. The molecule has 12 rings (SSSR count). The van der Waals surface area contributed by atoms with Crippen LogP contribution < -0.4 is 0 Å². The van der Waals surface area contributed by atoms with Gasteiger partial charge in [-0.1, -0.05) is 164 Å². The number of benzene rings is 4. The second-order valence-electron chi connectivity index (χ2n) is 32.7. The molecule has 0 radical (unpaired) electrons. The predicted molar refractivity (Wildman–Crippen MR) is 495 cm³/mol. The van der Waals surface area contributed by atoms with Gasteiger partial charge in [-0.25, -0.2) is 19.2 Å². The number of oxime groups is 4. The first-order chi connectivity index (χ1) is 61.0. The molecule has 4 aromatic rings. The van der Waals surface area contributed by atoms with E-state index < -0.39 is 11.9 Å². The lowest BCUT2D eigenvalue weighted by Gasteiger charge is -2.26. The topological polar surface area (TPSA) is 273 Å². The number of aryl methyl sites for hydroxylation is 8. The molecule has 0 N–H and O–H groups in total. The molecule has 0 aromatic heterocycles. The smallest absolute Gasteiger partial charge is 0.339 e. The highest BCUT2D eigenvalue weighted by Gasteiger charge is 2.28. The van der Waals surface area contributed by atoms with E-state index in [0.29, 0.717) is 92.0 Å². The highest BCUT2D eigenvalue weighted by molar-refractivity contribution is 6.33. The van der Waals surface area contributed by atoms with Crippen LogP contribution in [0.25, 0.3) is 0 Å². The number of halogens is 2. The molecular weight excluding hydrogens is 1640 g/mol. The normalized spacial score (nSPS) is 21.0. The van der Waals surface area contributed by atoms with Crippen LogP contribution in [0, 0.1) is 55.4 Å². The Morgan fingerprint density at radius 2 is 0.540 bits per heavy atom. The van der Waals surface area contributed by atoms with Gasteiger partial charge in [0.1, 0.15) is 26.4 Å². The number of allylic oxidation sites excluding steroid dienone is 12. The molecule has 0 bridgehead atoms. The first kappa shape index (κ1) is 98.8. The summed E-state index contributed by atoms with van der Waals surface area (Å²) in [6, 6.07) is 11.7. The van der Waals surface area contributed by atoms with Gasteiger partial charge in [-0.05, 0) is 264 Å². The molecular formula is C100H126Cl2N8O16. The third-order valence-corrected chi connectivity index (χ3v) is 23.4. The maximum atomic E-state index is 12.8. The molecule has 4 amide bonds. The Bertz CT molecular complexity index is 4510. The number of cyclic esters (lactones) is 4. The van der Waals surface area contributed by atoms with E-state index in [2.05, 4.69) is 20.6 Å². The van der Waals surface area contributed by atoms with Gasteiger partial charge in [0, 0.05) is 88.1 Å². The van der Waals surface area contributed by atoms with Crippen molar-refractivity contribution in [1.29, 1.82) is 0 Å². The molecule has 0 aliphatic carbocycles. The second kappa shape index (κ2) is 53.5. The average molecular weight is 1770 g/mol. The monoisotopic (exact) mass is 1760 g/mol. The van der Waals surface area contributed by atoms with E-state index in [1.54, 1.807) is 0 Å². The van der Waals surface area contributed by atoms with Crippen molar-refractivity contribution in [1.82, 2.24) is 19.6 Å². The SMILES string of the molecule is Cc1cc(C)c2c(c1)CC(=N/OCC(=O)N1CCCCC1)/C=C/CC/C=C/COC2=O.Cc1cc(C)c2c(c1)CC(=N\OCC(=O)N1CCCCC1)/C=C/CC/C=C/COC2=O.Cc1cc(C)c2c(c1Cl)CC(=N/OCC(=O)N1CCCCC1)/C=C/CC/C=C/COC2=O.Cc1cc(C)c2c(c1Cl)CC(=N\OCC(=O)N1CCCCC1)/C=C/CC/C=C/COC2=O. The van der Waals surface area contributed by atoms with Gasteiger partial charge >= 0.3 is 23.9 Å². The van der Waals surface area contributed by atoms with Gasteiger partial charge < -0.3 is 57.9 Å². The molecule has 4 aromatic carbocycles. The molecule has 24 nitrogen and oxygen atoms in total. The van der Waals surface area contributed by atoms with Crippen LogP contribution in [0.15, 0.2) is 154 Å². The molecule has 8 heterocycles. The number of ether oxygens (including phenoxy) is 4. The van der Waals surface area contributed by atoms with Gasteiger partial charge in [-0.3, -0.25) is 19.2 Å². The third-order valence-electron chi connectivity index (χ3n) is 22.3. The molecule has 8 aliphatic rings. The van der Waals surface area contributed by atoms with E-state index in [1.165, 1.54) is 12.8 Å². The highest BCUT2D eigenvalue weighted by atomic mass is 35.5. The summed E-state index contributed by atoms with van der Waals surface area (Å²) in [6.07, 6.45) is 52.2. The lowest BCUT2D eigenvalue weighted by molar-refractivity contribution is -0.137. The van der Waals surface area contributed by atoms with Gasteiger partial charge in [0.2, 0.25) is 0 Å². The minimum Gasteiger partial charge on any atom is -0.458 e. The van der Waals surface area contributed by atoms with Crippen LogP contribution in [-0.2, 0) is 83.2 Å². The number of rotatable bonds is 12. The summed E-state index contributed by atoms with van der Waals surface area (Å²) in [6.45, 7) is 22.3. The fourth-order valence-corrected chi connectivity index (χ4v) is 16.4. The molecule has 4 fully saturated rings. The van der Waals surface area contributed by atoms with Gasteiger partial charge in [-0.2, -0.15) is 0 Å². The number of fused-ring (bicyclic) bond motifs is 4. The summed E-state index contributed by atoms with van der Waals surface area (Å²) < 4.78 is 21.8. The summed E-state index contributed by atoms with van der Waals surface area (Å²) in [4.78, 5) is 130. The van der Waals surface area contributed by atoms with E-state index in [9.17, 15) is 38.4 Å². The summed E-state index contributed by atoms with van der Waals surface area (Å²) in [5.41, 5.74) is 14.9. The lowest BCUT2D eigenvalue weighted by Crippen LogP contribution is -2.37. The number of piperidine rings is 4. The summed E-state index contributed by atoms with van der Waals surface area (Å²) >= 11 is 13.2. The van der Waals surface area contributed by atoms with Crippen LogP contribution in [0.5, 0.6) is 0 Å². The summed E-state index contributed by atoms with van der Waals surface area (Å²) in [5, 5.41) is 18.0. The Morgan fingerprint density at radius 1 is 0.302 bits per heavy atom. The third kappa shape index (κ3) is 32.5. The molecule has 0 unspecified atom stereocenters. The maximum absolute atomic E-state index is 12.8. The summed E-state index contributed by atoms with van der Waals surface area (Å²) in [7, 11) is 0. The van der Waals surface area contributed by atoms with Crippen LogP contribution in [0.3, 0.4) is 0 Å². The molecule has 676 valence electrons. The van der Waals surface area contributed by atoms with Crippen molar-refractivity contribution >= 4 is 93.6 Å². The average Bonchev–Trinajstić information content (AvgIpc) is 0.787. The van der Waals surface area contributed by atoms with Crippen molar-refractivity contribution in [2.45, 2.75) is 209 Å². The fraction of sp³-hybridized carbons (Fsp3) is 0.480. The minimum absolute atomic E-state index is 0.0292. The van der Waals surface area contributed by atoms with E-state index in [0.717, 1.165) is 224 Å². The molecule has 0 spiro atoms. The highest BCUT2D eigenvalue weighted by Crippen LogP contribution is 2.33. The van der Waals surface area contributed by atoms with Crippen molar-refractivity contribution in [2.24, 2.45) is 20.6 Å². The Labute approximate surface area is 753 Å². The second-order valence-corrected chi connectivity index (χ2v) is 33.4. The van der Waals surface area contributed by atoms with Crippen molar-refractivity contribution in [3.8, 4) is 0 Å². The molecule has 0 saturated carbocycles. The summed E-state index contributed by atoms with van der Waals surface area (Å²) in [5.74, 6) is -1.65. The maximum Gasteiger partial charge on any atom is 0.339 e. The van der Waals surface area contributed by atoms with Crippen molar-refractivity contribution < 1.29 is 76.7 Å². The number of amides is 4. The number of carbonyl (C=O) groups excluding carboxylic acids is 8. The lowest BCUT2D eigenvalue weighted by atomic mass is 9.94. The Hall–Kier alpha value is -11.0. The molecule has 126 heavy (non-hydrogen) atoms. The number of carbonyl (C=O) groups is 8. The fourth-order valence-electron chi connectivity index (χ4n) is 16.0. The van der Waals surface area contributed by atoms with Crippen molar-refractivity contribution in [3.63, 3.8) is 0 Å². The van der Waals surface area contributed by atoms with Crippen LogP contribution >= 0.6 is 23.2 Å². The molecule has 0 atom stereocenters. The van der Waals surface area contributed by atoms with Gasteiger partial charge in [-0.15, -0.1) is 0 Å². The van der Waals surface area contributed by atoms with Crippen LogP contribution in [0.2, 0.25) is 10.0 Å². The van der Waals surface area contributed by atoms with Gasteiger partial charge in [0.25, 0.3) is 23.6 Å².